The predicted octanol–water partition coefficient (Wildman–Crippen LogP) is 2.92. The molecule has 6 heteroatoms. The van der Waals surface area contributed by atoms with Crippen LogP contribution in [-0.2, 0) is 9.47 Å². The number of alkyl carbamates (subject to hydrolysis) is 2. The average molecular weight is 302 g/mol. The molecule has 0 aromatic carbocycles. The van der Waals surface area contributed by atoms with E-state index in [4.69, 9.17) is 9.47 Å². The molecule has 0 fully saturated rings. The number of ether oxygens (including phenoxy) is 2. The van der Waals surface area contributed by atoms with Crippen LogP contribution < -0.4 is 10.6 Å². The molecule has 6 nitrogen and oxygen atoms in total. The van der Waals surface area contributed by atoms with E-state index >= 15 is 0 Å². The first kappa shape index (κ1) is 19.5. The van der Waals surface area contributed by atoms with Crippen LogP contribution in [0.4, 0.5) is 9.59 Å². The molecule has 0 bridgehead atoms. The molecule has 0 spiro atoms. The molecule has 0 saturated heterocycles. The molecule has 1 unspecified atom stereocenters. The van der Waals surface area contributed by atoms with Crippen molar-refractivity contribution in [2.24, 2.45) is 11.3 Å². The van der Waals surface area contributed by atoms with Gasteiger partial charge < -0.3 is 20.1 Å². The van der Waals surface area contributed by atoms with Gasteiger partial charge in [-0.15, -0.1) is 0 Å². The Balaban J connectivity index is 3.92. The summed E-state index contributed by atoms with van der Waals surface area (Å²) < 4.78 is 9.65. The molecule has 0 aliphatic rings. The van der Waals surface area contributed by atoms with Crippen molar-refractivity contribution in [1.29, 1.82) is 0 Å². The molecule has 0 saturated carbocycles. The van der Waals surface area contributed by atoms with Crippen LogP contribution in [0.15, 0.2) is 0 Å². The Labute approximate surface area is 127 Å². The minimum atomic E-state index is -0.373. The Morgan fingerprint density at radius 3 is 2.10 bits per heavy atom. The first-order chi connectivity index (χ1) is 9.80. The minimum Gasteiger partial charge on any atom is -0.450 e. The van der Waals surface area contributed by atoms with E-state index in [0.29, 0.717) is 32.2 Å². The number of amides is 2. The molecular weight excluding hydrogens is 272 g/mol. The molecule has 1 atom stereocenters. The summed E-state index contributed by atoms with van der Waals surface area (Å²) in [6.45, 7) is 11.8. The first-order valence-corrected chi connectivity index (χ1v) is 7.62. The fraction of sp³-hybridized carbons (Fsp3) is 0.867. The van der Waals surface area contributed by atoms with Gasteiger partial charge in [-0.3, -0.25) is 0 Å². The Bertz CT molecular complexity index is 319. The lowest BCUT2D eigenvalue weighted by Crippen LogP contribution is -2.35. The molecule has 0 aromatic heterocycles. The van der Waals surface area contributed by atoms with Gasteiger partial charge in [0.2, 0.25) is 0 Å². The maximum atomic E-state index is 11.3. The van der Waals surface area contributed by atoms with E-state index in [1.54, 1.807) is 13.8 Å². The van der Waals surface area contributed by atoms with Crippen molar-refractivity contribution < 1.29 is 19.1 Å². The van der Waals surface area contributed by atoms with Gasteiger partial charge in [0.25, 0.3) is 0 Å². The number of hydrogen-bond acceptors (Lipinski definition) is 4. The number of nitrogens with one attached hydrogen (secondary N) is 2. The summed E-state index contributed by atoms with van der Waals surface area (Å²) >= 11 is 0. The second-order valence-electron chi connectivity index (χ2n) is 5.98. The summed E-state index contributed by atoms with van der Waals surface area (Å²) in [4.78, 5) is 22.4. The molecule has 21 heavy (non-hydrogen) atoms. The van der Waals surface area contributed by atoms with Gasteiger partial charge in [0, 0.05) is 13.1 Å². The third-order valence-electron chi connectivity index (χ3n) is 3.07. The molecule has 0 rings (SSSR count). The largest absolute Gasteiger partial charge is 0.450 e. The summed E-state index contributed by atoms with van der Waals surface area (Å²) in [5.74, 6) is 0.436. The topological polar surface area (TPSA) is 76.7 Å². The lowest BCUT2D eigenvalue weighted by Gasteiger charge is -2.28. The fourth-order valence-corrected chi connectivity index (χ4v) is 2.21. The fourth-order valence-electron chi connectivity index (χ4n) is 2.21. The minimum absolute atomic E-state index is 0.0178. The van der Waals surface area contributed by atoms with E-state index in [-0.39, 0.29) is 17.6 Å². The van der Waals surface area contributed by atoms with Gasteiger partial charge in [0.15, 0.2) is 0 Å². The van der Waals surface area contributed by atoms with Gasteiger partial charge in [-0.25, -0.2) is 9.59 Å². The quantitative estimate of drug-likeness (QED) is 0.686. The lowest BCUT2D eigenvalue weighted by atomic mass is 9.82. The van der Waals surface area contributed by atoms with E-state index in [1.807, 2.05) is 0 Å². The molecule has 0 heterocycles. The van der Waals surface area contributed by atoms with Crippen LogP contribution in [-0.4, -0.2) is 38.5 Å². The number of carbonyl (C=O) groups is 2. The summed E-state index contributed by atoms with van der Waals surface area (Å²) in [6, 6.07) is 0. The SMILES string of the molecule is CCOC(=O)NCCC(C)CC(C)(C)CNC(=O)OCC. The average Bonchev–Trinajstić information content (AvgIpc) is 2.36. The molecule has 0 radical (unpaired) electrons. The molecule has 0 aromatic rings. The smallest absolute Gasteiger partial charge is 0.407 e. The summed E-state index contributed by atoms with van der Waals surface area (Å²) in [6.07, 6.45) is 1.08. The van der Waals surface area contributed by atoms with Crippen LogP contribution in [0.5, 0.6) is 0 Å². The van der Waals surface area contributed by atoms with Gasteiger partial charge in [0.05, 0.1) is 13.2 Å². The monoisotopic (exact) mass is 302 g/mol. The van der Waals surface area contributed by atoms with Crippen molar-refractivity contribution in [1.82, 2.24) is 10.6 Å². The standard InChI is InChI=1S/C15H30N2O4/c1-6-20-13(18)16-9-8-12(3)10-15(4,5)11-17-14(19)21-7-2/h12H,6-11H2,1-5H3,(H,16,18)(H,17,19). The van der Waals surface area contributed by atoms with Gasteiger partial charge >= 0.3 is 12.2 Å². The van der Waals surface area contributed by atoms with E-state index in [1.165, 1.54) is 0 Å². The van der Waals surface area contributed by atoms with Gasteiger partial charge in [-0.05, 0) is 38.0 Å². The van der Waals surface area contributed by atoms with E-state index < -0.39 is 0 Å². The zero-order valence-electron chi connectivity index (χ0n) is 14.0. The van der Waals surface area contributed by atoms with Crippen LogP contribution in [0.25, 0.3) is 0 Å². The van der Waals surface area contributed by atoms with Crippen LogP contribution >= 0.6 is 0 Å². The Kier molecular flexibility index (Phi) is 9.58. The van der Waals surface area contributed by atoms with Crippen LogP contribution in [0.1, 0.15) is 47.5 Å². The van der Waals surface area contributed by atoms with Crippen molar-refractivity contribution >= 4 is 12.2 Å². The third kappa shape index (κ3) is 10.9. The maximum Gasteiger partial charge on any atom is 0.407 e. The highest BCUT2D eigenvalue weighted by Crippen LogP contribution is 2.26. The van der Waals surface area contributed by atoms with E-state index in [9.17, 15) is 9.59 Å². The summed E-state index contributed by atoms with van der Waals surface area (Å²) in [5, 5.41) is 5.49. The van der Waals surface area contributed by atoms with Gasteiger partial charge in [0.1, 0.15) is 0 Å². The summed E-state index contributed by atoms with van der Waals surface area (Å²) in [7, 11) is 0. The highest BCUT2D eigenvalue weighted by atomic mass is 16.5. The maximum absolute atomic E-state index is 11.3. The van der Waals surface area contributed by atoms with E-state index in [2.05, 4.69) is 31.4 Å². The Morgan fingerprint density at radius 1 is 1.05 bits per heavy atom. The van der Waals surface area contributed by atoms with Crippen LogP contribution in [0, 0.1) is 11.3 Å². The normalized spacial score (nSPS) is 12.4. The van der Waals surface area contributed by atoms with Gasteiger partial charge in [-0.2, -0.15) is 0 Å². The molecule has 2 N–H and O–H groups in total. The van der Waals surface area contributed by atoms with E-state index in [0.717, 1.165) is 12.8 Å². The van der Waals surface area contributed by atoms with Gasteiger partial charge in [-0.1, -0.05) is 20.8 Å². The highest BCUT2D eigenvalue weighted by molar-refractivity contribution is 5.67. The predicted molar refractivity (Wildman–Crippen MR) is 82.2 cm³/mol. The zero-order valence-corrected chi connectivity index (χ0v) is 14.0. The zero-order chi connectivity index (χ0) is 16.3. The van der Waals surface area contributed by atoms with Crippen molar-refractivity contribution in [2.45, 2.75) is 47.5 Å². The highest BCUT2D eigenvalue weighted by Gasteiger charge is 2.22. The van der Waals surface area contributed by atoms with Crippen molar-refractivity contribution in [3.63, 3.8) is 0 Å². The number of carbonyl (C=O) groups excluding carboxylic acids is 2. The lowest BCUT2D eigenvalue weighted by molar-refractivity contribution is 0.143. The molecular formula is C15H30N2O4. The van der Waals surface area contributed by atoms with Crippen molar-refractivity contribution in [3.8, 4) is 0 Å². The summed E-state index contributed by atoms with van der Waals surface area (Å²) in [5.41, 5.74) is -0.0178. The Morgan fingerprint density at radius 2 is 1.57 bits per heavy atom. The second kappa shape index (κ2) is 10.3. The van der Waals surface area contributed by atoms with Crippen molar-refractivity contribution in [2.75, 3.05) is 26.3 Å². The van der Waals surface area contributed by atoms with Crippen LogP contribution in [0.3, 0.4) is 0 Å². The third-order valence-corrected chi connectivity index (χ3v) is 3.07. The molecule has 124 valence electrons. The van der Waals surface area contributed by atoms with Crippen LogP contribution in [0.2, 0.25) is 0 Å². The molecule has 0 aliphatic heterocycles. The number of hydrogen-bond donors (Lipinski definition) is 2. The van der Waals surface area contributed by atoms with Crippen molar-refractivity contribution in [3.05, 3.63) is 0 Å². The molecule has 0 aliphatic carbocycles. The second-order valence-corrected chi connectivity index (χ2v) is 5.98. The Hall–Kier alpha value is -1.46. The molecule has 2 amide bonds. The first-order valence-electron chi connectivity index (χ1n) is 7.62. The number of rotatable bonds is 9.